The maximum Gasteiger partial charge on any atom is 0.248 e. The first-order valence-corrected chi connectivity index (χ1v) is 5.38. The van der Waals surface area contributed by atoms with Crippen LogP contribution in [0.15, 0.2) is 42.7 Å². The van der Waals surface area contributed by atoms with Crippen LogP contribution in [0.1, 0.15) is 15.9 Å². The van der Waals surface area contributed by atoms with Gasteiger partial charge >= 0.3 is 0 Å². The predicted octanol–water partition coefficient (Wildman–Crippen LogP) is 1.93. The van der Waals surface area contributed by atoms with Crippen molar-refractivity contribution in [2.24, 2.45) is 5.73 Å². The van der Waals surface area contributed by atoms with E-state index < -0.39 is 5.91 Å². The molecule has 4 nitrogen and oxygen atoms in total. The number of carbonyl (C=O) groups is 1. The van der Waals surface area contributed by atoms with E-state index in [2.05, 4.69) is 10.3 Å². The van der Waals surface area contributed by atoms with Crippen LogP contribution in [0.3, 0.4) is 0 Å². The molecule has 0 unspecified atom stereocenters. The number of hydrogen-bond acceptors (Lipinski definition) is 3. The fraction of sp³-hybridized carbons (Fsp3) is 0.0769. The Hall–Kier alpha value is -2.43. The van der Waals surface area contributed by atoms with Gasteiger partial charge in [0.05, 0.1) is 6.20 Å². The second-order valence-corrected chi connectivity index (χ2v) is 3.81. The van der Waals surface area contributed by atoms with Crippen LogP contribution in [0, 0.1) is 5.82 Å². The number of anilines is 1. The lowest BCUT2D eigenvalue weighted by molar-refractivity contribution is 0.100. The highest BCUT2D eigenvalue weighted by Gasteiger charge is 2.00. The Kier molecular flexibility index (Phi) is 3.52. The molecule has 0 aliphatic rings. The van der Waals surface area contributed by atoms with E-state index in [1.807, 2.05) is 0 Å². The molecule has 1 amide bonds. The Bertz CT molecular complexity index is 554. The number of carbonyl (C=O) groups excluding carboxylic acids is 1. The zero-order valence-electron chi connectivity index (χ0n) is 9.56. The van der Waals surface area contributed by atoms with Gasteiger partial charge in [0.2, 0.25) is 5.91 Å². The highest BCUT2D eigenvalue weighted by Crippen LogP contribution is 2.11. The number of hydrogen-bond donors (Lipinski definition) is 2. The van der Waals surface area contributed by atoms with Gasteiger partial charge in [0.25, 0.3) is 0 Å². The first kappa shape index (κ1) is 12.0. The minimum atomic E-state index is -0.462. The van der Waals surface area contributed by atoms with Gasteiger partial charge in [-0.05, 0) is 35.9 Å². The van der Waals surface area contributed by atoms with Gasteiger partial charge < -0.3 is 11.1 Å². The molecule has 2 rings (SSSR count). The summed E-state index contributed by atoms with van der Waals surface area (Å²) in [5.41, 5.74) is 7.16. The number of aromatic nitrogens is 1. The Morgan fingerprint density at radius 1 is 1.28 bits per heavy atom. The number of rotatable bonds is 4. The van der Waals surface area contributed by atoms with Crippen LogP contribution >= 0.6 is 0 Å². The largest absolute Gasteiger partial charge is 0.381 e. The van der Waals surface area contributed by atoms with Gasteiger partial charge in [0.1, 0.15) is 5.82 Å². The molecule has 1 heterocycles. The number of nitrogens with two attached hydrogens (primary N) is 1. The molecule has 1 aromatic carbocycles. The third-order valence-corrected chi connectivity index (χ3v) is 2.43. The number of primary amides is 1. The van der Waals surface area contributed by atoms with Crippen LogP contribution in [0.4, 0.5) is 10.1 Å². The van der Waals surface area contributed by atoms with Crippen molar-refractivity contribution in [1.29, 1.82) is 0 Å². The molecule has 0 atom stereocenters. The van der Waals surface area contributed by atoms with Gasteiger partial charge in [-0.25, -0.2) is 4.39 Å². The lowest BCUT2D eigenvalue weighted by Gasteiger charge is -2.06. The summed E-state index contributed by atoms with van der Waals surface area (Å²) in [6.45, 7) is 0.459. The van der Waals surface area contributed by atoms with Gasteiger partial charge in [-0.1, -0.05) is 0 Å². The van der Waals surface area contributed by atoms with Crippen LogP contribution in [-0.4, -0.2) is 10.9 Å². The Morgan fingerprint density at radius 2 is 2.00 bits per heavy atom. The van der Waals surface area contributed by atoms with Crippen LogP contribution in [0.25, 0.3) is 0 Å². The molecule has 0 aliphatic heterocycles. The molecule has 0 bridgehead atoms. The number of pyridine rings is 1. The quantitative estimate of drug-likeness (QED) is 0.864. The Morgan fingerprint density at radius 3 is 2.61 bits per heavy atom. The zero-order chi connectivity index (χ0) is 13.0. The molecule has 0 aliphatic carbocycles. The number of benzene rings is 1. The summed E-state index contributed by atoms with van der Waals surface area (Å²) >= 11 is 0. The third-order valence-electron chi connectivity index (χ3n) is 2.43. The summed E-state index contributed by atoms with van der Waals surface area (Å²) in [6.07, 6.45) is 2.75. The van der Waals surface area contributed by atoms with Gasteiger partial charge in [-0.3, -0.25) is 9.78 Å². The molecule has 0 saturated heterocycles. The molecular formula is C13H12FN3O. The standard InChI is InChI=1S/C13H12FN3O/c14-11-5-9(6-16-8-11)7-17-12-3-1-10(2-4-12)13(15)18/h1-6,8,17H,7H2,(H2,15,18). The van der Waals surface area contributed by atoms with E-state index in [1.54, 1.807) is 30.5 Å². The molecule has 92 valence electrons. The molecular weight excluding hydrogens is 233 g/mol. The summed E-state index contributed by atoms with van der Waals surface area (Å²) in [6, 6.07) is 8.17. The van der Waals surface area contributed by atoms with Crippen molar-refractivity contribution < 1.29 is 9.18 Å². The average Bonchev–Trinajstić information content (AvgIpc) is 2.37. The number of nitrogens with zero attached hydrogens (tertiary/aromatic N) is 1. The predicted molar refractivity (Wildman–Crippen MR) is 66.5 cm³/mol. The van der Waals surface area contributed by atoms with Crippen LogP contribution in [-0.2, 0) is 6.54 Å². The SMILES string of the molecule is NC(=O)c1ccc(NCc2cncc(F)c2)cc1. The summed E-state index contributed by atoms with van der Waals surface area (Å²) in [4.78, 5) is 14.6. The summed E-state index contributed by atoms with van der Waals surface area (Å²) in [5.74, 6) is -0.825. The third kappa shape index (κ3) is 3.04. The molecule has 1 aromatic heterocycles. The van der Waals surface area contributed by atoms with Crippen molar-refractivity contribution in [2.75, 3.05) is 5.32 Å². The first-order chi connectivity index (χ1) is 8.65. The maximum absolute atomic E-state index is 12.9. The smallest absolute Gasteiger partial charge is 0.248 e. The maximum atomic E-state index is 12.9. The fourth-order valence-corrected chi connectivity index (χ4v) is 1.51. The van der Waals surface area contributed by atoms with Crippen molar-refractivity contribution in [2.45, 2.75) is 6.54 Å². The van der Waals surface area contributed by atoms with E-state index in [0.717, 1.165) is 17.4 Å². The van der Waals surface area contributed by atoms with Crippen molar-refractivity contribution in [3.05, 3.63) is 59.7 Å². The van der Waals surface area contributed by atoms with E-state index in [0.29, 0.717) is 12.1 Å². The van der Waals surface area contributed by atoms with Crippen LogP contribution in [0.5, 0.6) is 0 Å². The van der Waals surface area contributed by atoms with E-state index >= 15 is 0 Å². The fourth-order valence-electron chi connectivity index (χ4n) is 1.51. The molecule has 0 saturated carbocycles. The molecule has 18 heavy (non-hydrogen) atoms. The normalized spacial score (nSPS) is 10.1. The topological polar surface area (TPSA) is 68.0 Å². The average molecular weight is 245 g/mol. The van der Waals surface area contributed by atoms with Crippen molar-refractivity contribution >= 4 is 11.6 Å². The molecule has 3 N–H and O–H groups in total. The van der Waals surface area contributed by atoms with E-state index in [4.69, 9.17) is 5.73 Å². The molecule has 0 spiro atoms. The highest BCUT2D eigenvalue weighted by molar-refractivity contribution is 5.93. The highest BCUT2D eigenvalue weighted by atomic mass is 19.1. The first-order valence-electron chi connectivity index (χ1n) is 5.38. The van der Waals surface area contributed by atoms with E-state index in [9.17, 15) is 9.18 Å². The van der Waals surface area contributed by atoms with Crippen molar-refractivity contribution in [1.82, 2.24) is 4.98 Å². The van der Waals surface area contributed by atoms with E-state index in [-0.39, 0.29) is 5.82 Å². The molecule has 2 aromatic rings. The number of nitrogens with one attached hydrogen (secondary N) is 1. The minimum Gasteiger partial charge on any atom is -0.381 e. The Balaban J connectivity index is 2.00. The number of halogens is 1. The molecule has 0 fully saturated rings. The van der Waals surface area contributed by atoms with Gasteiger partial charge in [-0.15, -0.1) is 0 Å². The van der Waals surface area contributed by atoms with Gasteiger partial charge in [-0.2, -0.15) is 0 Å². The summed E-state index contributed by atoms with van der Waals surface area (Å²) in [7, 11) is 0. The zero-order valence-corrected chi connectivity index (χ0v) is 9.56. The molecule has 0 radical (unpaired) electrons. The lowest BCUT2D eigenvalue weighted by Crippen LogP contribution is -2.10. The van der Waals surface area contributed by atoms with E-state index in [1.165, 1.54) is 6.07 Å². The Labute approximate surface area is 104 Å². The van der Waals surface area contributed by atoms with Crippen molar-refractivity contribution in [3.63, 3.8) is 0 Å². The summed E-state index contributed by atoms with van der Waals surface area (Å²) < 4.78 is 12.9. The van der Waals surface area contributed by atoms with Crippen LogP contribution < -0.4 is 11.1 Å². The van der Waals surface area contributed by atoms with Crippen LogP contribution in [0.2, 0.25) is 0 Å². The number of amides is 1. The van der Waals surface area contributed by atoms with Gasteiger partial charge in [0.15, 0.2) is 0 Å². The summed E-state index contributed by atoms with van der Waals surface area (Å²) in [5, 5.41) is 3.10. The second kappa shape index (κ2) is 5.27. The lowest BCUT2D eigenvalue weighted by atomic mass is 10.2. The minimum absolute atomic E-state index is 0.363. The van der Waals surface area contributed by atoms with Crippen molar-refractivity contribution in [3.8, 4) is 0 Å². The molecule has 5 heteroatoms. The second-order valence-electron chi connectivity index (χ2n) is 3.81. The van der Waals surface area contributed by atoms with Gasteiger partial charge in [0, 0.05) is 24.0 Å². The monoisotopic (exact) mass is 245 g/mol.